The first kappa shape index (κ1) is 23.6. The molecule has 0 aliphatic heterocycles. The van der Waals surface area contributed by atoms with Gasteiger partial charge in [0.05, 0.1) is 17.3 Å². The van der Waals surface area contributed by atoms with Gasteiger partial charge < -0.3 is 10.1 Å². The minimum atomic E-state index is -4.00. The van der Waals surface area contributed by atoms with Crippen LogP contribution in [0.5, 0.6) is 5.75 Å². The van der Waals surface area contributed by atoms with Crippen LogP contribution in [0.2, 0.25) is 5.02 Å². The van der Waals surface area contributed by atoms with E-state index < -0.39 is 15.9 Å². The third-order valence-corrected chi connectivity index (χ3v) is 6.67. The van der Waals surface area contributed by atoms with Gasteiger partial charge in [-0.15, -0.1) is 0 Å². The Morgan fingerprint density at radius 1 is 1.03 bits per heavy atom. The molecule has 0 aliphatic carbocycles. The summed E-state index contributed by atoms with van der Waals surface area (Å²) in [6.07, 6.45) is 0. The number of anilines is 1. The van der Waals surface area contributed by atoms with Crippen molar-refractivity contribution < 1.29 is 17.9 Å². The lowest BCUT2D eigenvalue weighted by atomic mass is 10.1. The highest BCUT2D eigenvalue weighted by molar-refractivity contribution is 7.92. The minimum Gasteiger partial charge on any atom is -0.494 e. The molecule has 0 fully saturated rings. The Balaban J connectivity index is 1.81. The molecule has 3 rings (SSSR count). The number of hydrogen-bond acceptors (Lipinski definition) is 4. The molecule has 0 radical (unpaired) electrons. The molecule has 6 nitrogen and oxygen atoms in total. The predicted octanol–water partition coefficient (Wildman–Crippen LogP) is 5.09. The SMILES string of the molecule is CCOc1ccccc1CNC(=O)c1ccc(Cl)c(S(=O)(=O)Nc2ccc(C)cc2C)c1. The molecule has 0 heterocycles. The highest BCUT2D eigenvalue weighted by Crippen LogP contribution is 2.27. The highest BCUT2D eigenvalue weighted by Gasteiger charge is 2.21. The van der Waals surface area contributed by atoms with Crippen LogP contribution in [0.3, 0.4) is 0 Å². The van der Waals surface area contributed by atoms with Gasteiger partial charge in [0.15, 0.2) is 0 Å². The Hall–Kier alpha value is -3.03. The first-order chi connectivity index (χ1) is 15.2. The van der Waals surface area contributed by atoms with Crippen molar-refractivity contribution in [3.05, 3.63) is 87.9 Å². The number of hydrogen-bond donors (Lipinski definition) is 2. The Labute approximate surface area is 193 Å². The summed E-state index contributed by atoms with van der Waals surface area (Å²) in [6, 6.07) is 17.0. The van der Waals surface area contributed by atoms with E-state index in [-0.39, 0.29) is 22.0 Å². The number of ether oxygens (including phenoxy) is 1. The molecule has 0 saturated carbocycles. The van der Waals surface area contributed by atoms with E-state index in [1.807, 2.05) is 57.2 Å². The molecular weight excluding hydrogens is 448 g/mol. The van der Waals surface area contributed by atoms with Crippen molar-refractivity contribution in [3.8, 4) is 5.75 Å². The van der Waals surface area contributed by atoms with Crippen LogP contribution in [0.1, 0.15) is 34.0 Å². The second-order valence-corrected chi connectivity index (χ2v) is 9.35. The summed E-state index contributed by atoms with van der Waals surface area (Å²) in [5.74, 6) is 0.267. The molecule has 3 aromatic rings. The predicted molar refractivity (Wildman–Crippen MR) is 127 cm³/mol. The maximum Gasteiger partial charge on any atom is 0.263 e. The fourth-order valence-electron chi connectivity index (χ4n) is 3.20. The van der Waals surface area contributed by atoms with E-state index in [0.29, 0.717) is 18.0 Å². The number of benzene rings is 3. The van der Waals surface area contributed by atoms with Crippen molar-refractivity contribution in [1.82, 2.24) is 5.32 Å². The van der Waals surface area contributed by atoms with Gasteiger partial charge in [-0.3, -0.25) is 9.52 Å². The molecule has 1 amide bonds. The van der Waals surface area contributed by atoms with Crippen molar-refractivity contribution in [1.29, 1.82) is 0 Å². The highest BCUT2D eigenvalue weighted by atomic mass is 35.5. The quantitative estimate of drug-likeness (QED) is 0.478. The van der Waals surface area contributed by atoms with E-state index in [1.54, 1.807) is 6.07 Å². The van der Waals surface area contributed by atoms with Gasteiger partial charge in [-0.1, -0.05) is 47.5 Å². The largest absolute Gasteiger partial charge is 0.494 e. The fourth-order valence-corrected chi connectivity index (χ4v) is 4.86. The second kappa shape index (κ2) is 10.1. The molecule has 32 heavy (non-hydrogen) atoms. The Morgan fingerprint density at radius 2 is 1.78 bits per heavy atom. The summed E-state index contributed by atoms with van der Waals surface area (Å²) in [4.78, 5) is 12.6. The summed E-state index contributed by atoms with van der Waals surface area (Å²) in [5, 5.41) is 2.83. The first-order valence-corrected chi connectivity index (χ1v) is 12.0. The van der Waals surface area contributed by atoms with Gasteiger partial charge in [0.25, 0.3) is 15.9 Å². The van der Waals surface area contributed by atoms with Crippen molar-refractivity contribution in [2.24, 2.45) is 0 Å². The summed E-state index contributed by atoms with van der Waals surface area (Å²) in [5.41, 5.74) is 3.26. The Bertz CT molecular complexity index is 1240. The normalized spacial score (nSPS) is 11.1. The third-order valence-electron chi connectivity index (χ3n) is 4.82. The van der Waals surface area contributed by atoms with Crippen molar-refractivity contribution in [2.45, 2.75) is 32.2 Å². The monoisotopic (exact) mass is 472 g/mol. The van der Waals surface area contributed by atoms with Crippen LogP contribution in [-0.2, 0) is 16.6 Å². The molecule has 0 aliphatic rings. The van der Waals surface area contributed by atoms with Gasteiger partial charge >= 0.3 is 0 Å². The lowest BCUT2D eigenvalue weighted by Gasteiger charge is -2.14. The summed E-state index contributed by atoms with van der Waals surface area (Å²) in [7, 11) is -4.00. The van der Waals surface area contributed by atoms with Crippen LogP contribution in [0, 0.1) is 13.8 Å². The molecule has 0 aromatic heterocycles. The lowest BCUT2D eigenvalue weighted by molar-refractivity contribution is 0.0950. The molecule has 0 atom stereocenters. The van der Waals surface area contributed by atoms with Crippen LogP contribution in [-0.4, -0.2) is 20.9 Å². The van der Waals surface area contributed by atoms with Crippen molar-refractivity contribution >= 4 is 33.2 Å². The minimum absolute atomic E-state index is 0.0282. The number of nitrogens with one attached hydrogen (secondary N) is 2. The number of amides is 1. The smallest absolute Gasteiger partial charge is 0.263 e. The zero-order valence-electron chi connectivity index (χ0n) is 18.1. The molecular formula is C24H25ClN2O4S. The van der Waals surface area contributed by atoms with Gasteiger partial charge in [0, 0.05) is 17.7 Å². The maximum absolute atomic E-state index is 13.0. The van der Waals surface area contributed by atoms with E-state index in [2.05, 4.69) is 10.0 Å². The summed E-state index contributed by atoms with van der Waals surface area (Å²) >= 11 is 6.18. The molecule has 3 aromatic carbocycles. The van der Waals surface area contributed by atoms with Gasteiger partial charge in [-0.25, -0.2) is 8.42 Å². The van der Waals surface area contributed by atoms with E-state index >= 15 is 0 Å². The van der Waals surface area contributed by atoms with Crippen LogP contribution in [0.15, 0.2) is 65.6 Å². The van der Waals surface area contributed by atoms with Crippen LogP contribution in [0.25, 0.3) is 0 Å². The second-order valence-electron chi connectivity index (χ2n) is 7.29. The maximum atomic E-state index is 13.0. The molecule has 2 N–H and O–H groups in total. The Morgan fingerprint density at radius 3 is 2.50 bits per heavy atom. The van der Waals surface area contributed by atoms with E-state index in [0.717, 1.165) is 16.7 Å². The van der Waals surface area contributed by atoms with Gasteiger partial charge in [-0.05, 0) is 56.7 Å². The number of aryl methyl sites for hydroxylation is 2. The number of rotatable bonds is 8. The summed E-state index contributed by atoms with van der Waals surface area (Å²) in [6.45, 7) is 6.38. The topological polar surface area (TPSA) is 84.5 Å². The van der Waals surface area contributed by atoms with Gasteiger partial charge in [0.2, 0.25) is 0 Å². The molecule has 8 heteroatoms. The number of para-hydroxylation sites is 1. The first-order valence-electron chi connectivity index (χ1n) is 10.1. The third kappa shape index (κ3) is 5.60. The van der Waals surface area contributed by atoms with Crippen molar-refractivity contribution in [3.63, 3.8) is 0 Å². The summed E-state index contributed by atoms with van der Waals surface area (Å²) < 4.78 is 34.1. The molecule has 0 bridgehead atoms. The van der Waals surface area contributed by atoms with Crippen molar-refractivity contribution in [2.75, 3.05) is 11.3 Å². The standard InChI is InChI=1S/C24H25ClN2O4S/c1-4-31-22-8-6-5-7-19(22)15-26-24(28)18-10-11-20(25)23(14-18)32(29,30)27-21-12-9-16(2)13-17(21)3/h5-14,27H,4,15H2,1-3H3,(H,26,28). The van der Waals surface area contributed by atoms with E-state index in [1.165, 1.54) is 18.2 Å². The van der Waals surface area contributed by atoms with Crippen LogP contribution < -0.4 is 14.8 Å². The number of carbonyl (C=O) groups excluding carboxylic acids is 1. The zero-order valence-corrected chi connectivity index (χ0v) is 19.7. The number of sulfonamides is 1. The number of carbonyl (C=O) groups is 1. The number of halogens is 1. The molecule has 168 valence electrons. The van der Waals surface area contributed by atoms with Crippen LogP contribution >= 0.6 is 11.6 Å². The average Bonchev–Trinajstić information content (AvgIpc) is 2.75. The molecule has 0 unspecified atom stereocenters. The Kier molecular flexibility index (Phi) is 7.43. The fraction of sp³-hybridized carbons (Fsp3) is 0.208. The molecule has 0 saturated heterocycles. The van der Waals surface area contributed by atoms with E-state index in [9.17, 15) is 13.2 Å². The van der Waals surface area contributed by atoms with Gasteiger partial charge in [-0.2, -0.15) is 0 Å². The van der Waals surface area contributed by atoms with E-state index in [4.69, 9.17) is 16.3 Å². The average molecular weight is 473 g/mol. The lowest BCUT2D eigenvalue weighted by Crippen LogP contribution is -2.24. The van der Waals surface area contributed by atoms with Crippen LogP contribution in [0.4, 0.5) is 5.69 Å². The van der Waals surface area contributed by atoms with Gasteiger partial charge in [0.1, 0.15) is 10.6 Å². The zero-order chi connectivity index (χ0) is 23.3. The molecule has 0 spiro atoms.